The van der Waals surface area contributed by atoms with Crippen LogP contribution in [-0.2, 0) is 6.61 Å². The molecule has 0 aliphatic carbocycles. The van der Waals surface area contributed by atoms with Crippen molar-refractivity contribution in [2.75, 3.05) is 26.2 Å². The van der Waals surface area contributed by atoms with E-state index in [-0.39, 0.29) is 5.91 Å². The maximum Gasteiger partial charge on any atom is 0.289 e. The zero-order valence-corrected chi connectivity index (χ0v) is 14.6. The van der Waals surface area contributed by atoms with Crippen LogP contribution in [0.2, 0.25) is 0 Å². The number of nitrogens with zero attached hydrogens (tertiary/aromatic N) is 1. The van der Waals surface area contributed by atoms with Crippen molar-refractivity contribution in [2.45, 2.75) is 13.0 Å². The monoisotopic (exact) mass is 350 g/mol. The lowest BCUT2D eigenvalue weighted by Crippen LogP contribution is -2.33. The molecule has 1 saturated heterocycles. The molecule has 2 heterocycles. The van der Waals surface area contributed by atoms with E-state index in [1.54, 1.807) is 6.07 Å². The number of carbonyl (C=O) groups is 1. The van der Waals surface area contributed by atoms with E-state index in [1.165, 1.54) is 5.39 Å². The summed E-state index contributed by atoms with van der Waals surface area (Å²) >= 11 is 0. The first-order valence-corrected chi connectivity index (χ1v) is 9.00. The fourth-order valence-corrected chi connectivity index (χ4v) is 3.19. The molecule has 0 unspecified atom stereocenters. The lowest BCUT2D eigenvalue weighted by molar-refractivity contribution is 0.0730. The van der Waals surface area contributed by atoms with E-state index in [1.807, 2.05) is 41.3 Å². The van der Waals surface area contributed by atoms with E-state index in [4.69, 9.17) is 9.15 Å². The Balaban J connectivity index is 1.40. The number of hydrogen-bond donors (Lipinski definition) is 1. The summed E-state index contributed by atoms with van der Waals surface area (Å²) < 4.78 is 11.5. The summed E-state index contributed by atoms with van der Waals surface area (Å²) in [7, 11) is 0. The average molecular weight is 350 g/mol. The van der Waals surface area contributed by atoms with Crippen molar-refractivity contribution in [3.63, 3.8) is 0 Å². The molecule has 1 N–H and O–H groups in total. The second kappa shape index (κ2) is 7.62. The second-order valence-corrected chi connectivity index (χ2v) is 6.46. The van der Waals surface area contributed by atoms with E-state index < -0.39 is 0 Å². The Kier molecular flexibility index (Phi) is 4.88. The van der Waals surface area contributed by atoms with Crippen LogP contribution in [0.3, 0.4) is 0 Å². The quantitative estimate of drug-likeness (QED) is 0.783. The maximum absolute atomic E-state index is 12.6. The summed E-state index contributed by atoms with van der Waals surface area (Å²) in [5.41, 5.74) is 0. The number of amides is 1. The molecule has 0 spiro atoms. The normalized spacial score (nSPS) is 15.0. The molecule has 4 rings (SSSR count). The Morgan fingerprint density at radius 1 is 1.04 bits per heavy atom. The number of furan rings is 1. The summed E-state index contributed by atoms with van der Waals surface area (Å²) in [4.78, 5) is 14.4. The molecule has 5 heteroatoms. The van der Waals surface area contributed by atoms with Crippen molar-refractivity contribution in [1.82, 2.24) is 10.2 Å². The summed E-state index contributed by atoms with van der Waals surface area (Å²) in [6, 6.07) is 17.7. The fraction of sp³-hybridized carbons (Fsp3) is 0.286. The molecular formula is C21H22N2O3. The first-order valence-electron chi connectivity index (χ1n) is 9.00. The summed E-state index contributed by atoms with van der Waals surface area (Å²) in [6.07, 6.45) is 0.963. The van der Waals surface area contributed by atoms with Crippen molar-refractivity contribution in [3.05, 3.63) is 66.1 Å². The number of ether oxygens (including phenoxy) is 1. The summed E-state index contributed by atoms with van der Waals surface area (Å²) in [6.45, 7) is 3.54. The minimum absolute atomic E-state index is 0.0503. The van der Waals surface area contributed by atoms with Gasteiger partial charge in [-0.05, 0) is 48.0 Å². The van der Waals surface area contributed by atoms with Crippen LogP contribution < -0.4 is 10.1 Å². The van der Waals surface area contributed by atoms with Gasteiger partial charge in [0.1, 0.15) is 18.1 Å². The molecular weight excluding hydrogens is 328 g/mol. The van der Waals surface area contributed by atoms with Gasteiger partial charge in [0, 0.05) is 19.6 Å². The molecule has 0 atom stereocenters. The van der Waals surface area contributed by atoms with Crippen LogP contribution in [0.15, 0.2) is 59.0 Å². The van der Waals surface area contributed by atoms with Gasteiger partial charge in [-0.2, -0.15) is 0 Å². The van der Waals surface area contributed by atoms with Crippen LogP contribution in [0.1, 0.15) is 22.7 Å². The SMILES string of the molecule is O=C(c1ccc(COc2ccc3ccccc3c2)o1)N1CCCNCC1. The largest absolute Gasteiger partial charge is 0.486 e. The van der Waals surface area contributed by atoms with Gasteiger partial charge in [-0.3, -0.25) is 4.79 Å². The zero-order chi connectivity index (χ0) is 17.8. The summed E-state index contributed by atoms with van der Waals surface area (Å²) in [5, 5.41) is 5.61. The van der Waals surface area contributed by atoms with Crippen LogP contribution in [0.5, 0.6) is 5.75 Å². The first kappa shape index (κ1) is 16.7. The molecule has 0 bridgehead atoms. The molecule has 1 aliphatic rings. The van der Waals surface area contributed by atoms with E-state index in [2.05, 4.69) is 17.4 Å². The molecule has 1 aliphatic heterocycles. The molecule has 0 saturated carbocycles. The van der Waals surface area contributed by atoms with Gasteiger partial charge in [-0.1, -0.05) is 30.3 Å². The highest BCUT2D eigenvalue weighted by molar-refractivity contribution is 5.91. The van der Waals surface area contributed by atoms with Gasteiger partial charge in [0.05, 0.1) is 0 Å². The smallest absolute Gasteiger partial charge is 0.289 e. The van der Waals surface area contributed by atoms with Crippen molar-refractivity contribution >= 4 is 16.7 Å². The minimum Gasteiger partial charge on any atom is -0.486 e. The predicted molar refractivity (Wildman–Crippen MR) is 100 cm³/mol. The Morgan fingerprint density at radius 2 is 1.92 bits per heavy atom. The number of benzene rings is 2. The van der Waals surface area contributed by atoms with E-state index in [0.717, 1.165) is 37.2 Å². The third kappa shape index (κ3) is 3.73. The van der Waals surface area contributed by atoms with Gasteiger partial charge in [0.2, 0.25) is 0 Å². The van der Waals surface area contributed by atoms with E-state index >= 15 is 0 Å². The number of nitrogens with one attached hydrogen (secondary N) is 1. The molecule has 1 aromatic heterocycles. The molecule has 3 aromatic rings. The molecule has 5 nitrogen and oxygen atoms in total. The highest BCUT2D eigenvalue weighted by Crippen LogP contribution is 2.22. The van der Waals surface area contributed by atoms with Crippen molar-refractivity contribution < 1.29 is 13.9 Å². The number of rotatable bonds is 4. The highest BCUT2D eigenvalue weighted by Gasteiger charge is 2.20. The number of fused-ring (bicyclic) bond motifs is 1. The topological polar surface area (TPSA) is 54.7 Å². The van der Waals surface area contributed by atoms with E-state index in [9.17, 15) is 4.79 Å². The predicted octanol–water partition coefficient (Wildman–Crippen LogP) is 3.45. The number of hydrogen-bond acceptors (Lipinski definition) is 4. The Morgan fingerprint density at radius 3 is 2.85 bits per heavy atom. The third-order valence-electron chi connectivity index (χ3n) is 4.60. The lowest BCUT2D eigenvalue weighted by Gasteiger charge is -2.18. The fourth-order valence-electron chi connectivity index (χ4n) is 3.19. The first-order chi connectivity index (χ1) is 12.8. The lowest BCUT2D eigenvalue weighted by atomic mass is 10.1. The second-order valence-electron chi connectivity index (χ2n) is 6.46. The molecule has 1 fully saturated rings. The Labute approximate surface area is 152 Å². The highest BCUT2D eigenvalue weighted by atomic mass is 16.5. The molecule has 1 amide bonds. The van der Waals surface area contributed by atoms with Gasteiger partial charge in [0.15, 0.2) is 5.76 Å². The van der Waals surface area contributed by atoms with Crippen molar-refractivity contribution in [1.29, 1.82) is 0 Å². The van der Waals surface area contributed by atoms with Crippen LogP contribution in [0.25, 0.3) is 10.8 Å². The molecule has 0 radical (unpaired) electrons. The van der Waals surface area contributed by atoms with Crippen molar-refractivity contribution in [3.8, 4) is 5.75 Å². The number of carbonyl (C=O) groups excluding carboxylic acids is 1. The maximum atomic E-state index is 12.6. The van der Waals surface area contributed by atoms with Crippen LogP contribution >= 0.6 is 0 Å². The van der Waals surface area contributed by atoms with Crippen LogP contribution in [0, 0.1) is 0 Å². The van der Waals surface area contributed by atoms with Gasteiger partial charge in [-0.15, -0.1) is 0 Å². The van der Waals surface area contributed by atoms with Gasteiger partial charge >= 0.3 is 0 Å². The zero-order valence-electron chi connectivity index (χ0n) is 14.6. The Hall–Kier alpha value is -2.79. The van der Waals surface area contributed by atoms with E-state index in [0.29, 0.717) is 24.7 Å². The van der Waals surface area contributed by atoms with Crippen LogP contribution in [0.4, 0.5) is 0 Å². The molecule has 26 heavy (non-hydrogen) atoms. The molecule has 134 valence electrons. The average Bonchev–Trinajstić information content (AvgIpc) is 2.99. The Bertz CT molecular complexity index is 895. The standard InChI is InChI=1S/C21H22N2O3/c24-21(23-12-3-10-22-11-13-23)20-9-8-19(26-20)15-25-18-7-6-16-4-1-2-5-17(16)14-18/h1-2,4-9,14,22H,3,10-13,15H2. The van der Waals surface area contributed by atoms with Gasteiger partial charge < -0.3 is 19.4 Å². The van der Waals surface area contributed by atoms with Crippen molar-refractivity contribution in [2.24, 2.45) is 0 Å². The third-order valence-corrected chi connectivity index (χ3v) is 4.60. The summed E-state index contributed by atoms with van der Waals surface area (Å²) in [5.74, 6) is 1.76. The van der Waals surface area contributed by atoms with Gasteiger partial charge in [0.25, 0.3) is 5.91 Å². The molecule has 2 aromatic carbocycles. The van der Waals surface area contributed by atoms with Crippen LogP contribution in [-0.4, -0.2) is 37.0 Å². The van der Waals surface area contributed by atoms with Gasteiger partial charge in [-0.25, -0.2) is 0 Å². The minimum atomic E-state index is -0.0503.